The molecule has 1 unspecified atom stereocenters. The molecule has 1 fully saturated rings. The summed E-state index contributed by atoms with van der Waals surface area (Å²) in [6, 6.07) is 7.63. The number of para-hydroxylation sites is 1. The molecular weight excluding hydrogens is 388 g/mol. The van der Waals surface area contributed by atoms with Gasteiger partial charge in [-0.3, -0.25) is 4.90 Å². The average Bonchev–Trinajstić information content (AvgIpc) is 3.12. The number of likely N-dealkylation sites (tertiary alicyclic amines) is 1. The maximum atomic E-state index is 12.4. The Labute approximate surface area is 174 Å². The minimum atomic E-state index is -0.369. The van der Waals surface area contributed by atoms with Crippen molar-refractivity contribution in [3.63, 3.8) is 0 Å². The van der Waals surface area contributed by atoms with E-state index in [-0.39, 0.29) is 18.0 Å². The number of thiazole rings is 1. The van der Waals surface area contributed by atoms with E-state index in [0.717, 1.165) is 31.4 Å². The molecule has 154 valence electrons. The van der Waals surface area contributed by atoms with Crippen molar-refractivity contribution in [2.75, 3.05) is 26.2 Å². The third kappa shape index (κ3) is 4.28. The highest BCUT2D eigenvalue weighted by Gasteiger charge is 2.31. The zero-order chi connectivity index (χ0) is 20.4. The van der Waals surface area contributed by atoms with Crippen molar-refractivity contribution in [1.82, 2.24) is 20.5 Å². The Morgan fingerprint density at radius 2 is 2.07 bits per heavy atom. The van der Waals surface area contributed by atoms with Gasteiger partial charge in [0.1, 0.15) is 0 Å². The molecule has 4 rings (SSSR count). The second-order valence-electron chi connectivity index (χ2n) is 7.50. The van der Waals surface area contributed by atoms with Gasteiger partial charge in [-0.25, -0.2) is 14.6 Å². The predicted molar refractivity (Wildman–Crippen MR) is 113 cm³/mol. The highest BCUT2D eigenvalue weighted by molar-refractivity contribution is 7.18. The van der Waals surface area contributed by atoms with Gasteiger partial charge < -0.3 is 15.4 Å². The first-order valence-corrected chi connectivity index (χ1v) is 10.9. The summed E-state index contributed by atoms with van der Waals surface area (Å²) in [6.07, 6.45) is 2.03. The second kappa shape index (κ2) is 8.51. The Hall–Kier alpha value is -2.45. The smallest absolute Gasteiger partial charge is 0.337 e. The molecule has 3 heterocycles. The fraction of sp³-hybridized carbons (Fsp3) is 0.476. The van der Waals surface area contributed by atoms with Crippen LogP contribution in [-0.2, 0) is 9.53 Å². The molecule has 2 N–H and O–H groups in total. The SMILES string of the molecule is CCOC(=O)C1=C(CN2CCC(c3nc4ccccc4s3)CC2)NC(=O)NC1C. The lowest BCUT2D eigenvalue weighted by atomic mass is 9.96. The Morgan fingerprint density at radius 3 is 2.79 bits per heavy atom. The summed E-state index contributed by atoms with van der Waals surface area (Å²) in [4.78, 5) is 31.4. The van der Waals surface area contributed by atoms with Crippen LogP contribution in [0.2, 0.25) is 0 Å². The van der Waals surface area contributed by atoms with E-state index in [0.29, 0.717) is 30.3 Å². The molecule has 1 saturated heterocycles. The highest BCUT2D eigenvalue weighted by Crippen LogP contribution is 2.34. The van der Waals surface area contributed by atoms with Gasteiger partial charge in [0, 0.05) is 18.2 Å². The maximum Gasteiger partial charge on any atom is 0.337 e. The maximum absolute atomic E-state index is 12.4. The van der Waals surface area contributed by atoms with Gasteiger partial charge in [0.05, 0.1) is 33.4 Å². The molecule has 0 radical (unpaired) electrons. The van der Waals surface area contributed by atoms with E-state index in [4.69, 9.17) is 9.72 Å². The molecule has 2 aromatic rings. The Morgan fingerprint density at radius 1 is 1.31 bits per heavy atom. The van der Waals surface area contributed by atoms with Crippen LogP contribution in [-0.4, -0.2) is 54.2 Å². The zero-order valence-corrected chi connectivity index (χ0v) is 17.6. The number of esters is 1. The van der Waals surface area contributed by atoms with Crippen LogP contribution >= 0.6 is 11.3 Å². The van der Waals surface area contributed by atoms with Crippen LogP contribution in [0.3, 0.4) is 0 Å². The van der Waals surface area contributed by atoms with Crippen LogP contribution in [0.1, 0.15) is 37.6 Å². The van der Waals surface area contributed by atoms with Crippen molar-refractivity contribution in [2.45, 2.75) is 38.6 Å². The number of hydrogen-bond acceptors (Lipinski definition) is 6. The summed E-state index contributed by atoms with van der Waals surface area (Å²) in [5.41, 5.74) is 2.24. The molecule has 0 bridgehead atoms. The zero-order valence-electron chi connectivity index (χ0n) is 16.7. The number of fused-ring (bicyclic) bond motifs is 1. The van der Waals surface area contributed by atoms with Crippen LogP contribution in [0, 0.1) is 0 Å². The number of amides is 2. The lowest BCUT2D eigenvalue weighted by molar-refractivity contribution is -0.139. The predicted octanol–water partition coefficient (Wildman–Crippen LogP) is 2.99. The Balaban J connectivity index is 1.44. The number of piperidine rings is 1. The van der Waals surface area contributed by atoms with Gasteiger partial charge >= 0.3 is 12.0 Å². The van der Waals surface area contributed by atoms with Crippen molar-refractivity contribution in [3.8, 4) is 0 Å². The largest absolute Gasteiger partial charge is 0.463 e. The second-order valence-corrected chi connectivity index (χ2v) is 8.57. The molecule has 1 atom stereocenters. The van der Waals surface area contributed by atoms with E-state index in [1.807, 2.05) is 13.0 Å². The van der Waals surface area contributed by atoms with Crippen LogP contribution < -0.4 is 10.6 Å². The van der Waals surface area contributed by atoms with E-state index in [1.54, 1.807) is 18.3 Å². The van der Waals surface area contributed by atoms with Crippen LogP contribution in [0.5, 0.6) is 0 Å². The lowest BCUT2D eigenvalue weighted by Crippen LogP contribution is -2.51. The number of rotatable bonds is 5. The quantitative estimate of drug-likeness (QED) is 0.735. The number of nitrogens with zero attached hydrogens (tertiary/aromatic N) is 2. The van der Waals surface area contributed by atoms with Gasteiger partial charge in [-0.1, -0.05) is 12.1 Å². The van der Waals surface area contributed by atoms with Gasteiger partial charge in [0.25, 0.3) is 0 Å². The van der Waals surface area contributed by atoms with E-state index < -0.39 is 0 Å². The fourth-order valence-electron chi connectivity index (χ4n) is 4.03. The molecule has 0 spiro atoms. The van der Waals surface area contributed by atoms with Crippen molar-refractivity contribution in [3.05, 3.63) is 40.5 Å². The molecule has 0 aliphatic carbocycles. The number of aromatic nitrogens is 1. The highest BCUT2D eigenvalue weighted by atomic mass is 32.1. The van der Waals surface area contributed by atoms with Crippen LogP contribution in [0.25, 0.3) is 10.2 Å². The van der Waals surface area contributed by atoms with Gasteiger partial charge in [-0.15, -0.1) is 11.3 Å². The molecular formula is C21H26N4O3S. The van der Waals surface area contributed by atoms with Gasteiger partial charge in [-0.05, 0) is 51.9 Å². The van der Waals surface area contributed by atoms with Crippen LogP contribution in [0.4, 0.5) is 4.79 Å². The van der Waals surface area contributed by atoms with Crippen LogP contribution in [0.15, 0.2) is 35.5 Å². The molecule has 1 aromatic carbocycles. The lowest BCUT2D eigenvalue weighted by Gasteiger charge is -2.34. The number of hydrogen-bond donors (Lipinski definition) is 2. The van der Waals surface area contributed by atoms with E-state index in [9.17, 15) is 9.59 Å². The molecule has 29 heavy (non-hydrogen) atoms. The summed E-state index contributed by atoms with van der Waals surface area (Å²) < 4.78 is 6.43. The minimum absolute atomic E-state index is 0.273. The van der Waals surface area contributed by atoms with Crippen molar-refractivity contribution in [2.24, 2.45) is 0 Å². The summed E-state index contributed by atoms with van der Waals surface area (Å²) in [7, 11) is 0. The van der Waals surface area contributed by atoms with E-state index in [2.05, 4.69) is 33.7 Å². The third-order valence-corrected chi connectivity index (χ3v) is 6.69. The monoisotopic (exact) mass is 414 g/mol. The number of benzene rings is 1. The summed E-state index contributed by atoms with van der Waals surface area (Å²) in [6.45, 7) is 6.24. The molecule has 1 aromatic heterocycles. The van der Waals surface area contributed by atoms with Crippen molar-refractivity contribution < 1.29 is 14.3 Å². The Kier molecular flexibility index (Phi) is 5.82. The molecule has 7 nitrogen and oxygen atoms in total. The molecule has 2 amide bonds. The van der Waals surface area contributed by atoms with Crippen molar-refractivity contribution >= 4 is 33.6 Å². The molecule has 8 heteroatoms. The van der Waals surface area contributed by atoms with Gasteiger partial charge in [0.2, 0.25) is 0 Å². The van der Waals surface area contributed by atoms with E-state index in [1.165, 1.54) is 9.71 Å². The summed E-state index contributed by atoms with van der Waals surface area (Å²) in [5, 5.41) is 6.77. The fourth-order valence-corrected chi connectivity index (χ4v) is 5.17. The van der Waals surface area contributed by atoms with E-state index >= 15 is 0 Å². The van der Waals surface area contributed by atoms with Gasteiger partial charge in [-0.2, -0.15) is 0 Å². The minimum Gasteiger partial charge on any atom is -0.463 e. The molecule has 0 saturated carbocycles. The van der Waals surface area contributed by atoms with Gasteiger partial charge in [0.15, 0.2) is 0 Å². The first-order chi connectivity index (χ1) is 14.0. The first kappa shape index (κ1) is 19.8. The standard InChI is InChI=1S/C21H26N4O3S/c1-3-28-20(26)18-13(2)22-21(27)24-16(18)12-25-10-8-14(9-11-25)19-23-15-6-4-5-7-17(15)29-19/h4-7,13-14H,3,8-12H2,1-2H3,(H2,22,24,27). The Bertz CT molecular complexity index is 913. The summed E-state index contributed by atoms with van der Waals surface area (Å²) in [5.74, 6) is 0.0931. The summed E-state index contributed by atoms with van der Waals surface area (Å²) >= 11 is 1.79. The number of nitrogens with one attached hydrogen (secondary N) is 2. The topological polar surface area (TPSA) is 83.6 Å². The average molecular weight is 415 g/mol. The molecule has 2 aliphatic rings. The first-order valence-electron chi connectivity index (χ1n) is 10.1. The number of carbonyl (C=O) groups excluding carboxylic acids is 2. The third-order valence-electron chi connectivity index (χ3n) is 5.49. The number of urea groups is 1. The normalized spacial score (nSPS) is 21.2. The number of ether oxygens (including phenoxy) is 1. The van der Waals surface area contributed by atoms with Crippen molar-refractivity contribution in [1.29, 1.82) is 0 Å². The molecule has 2 aliphatic heterocycles. The number of carbonyl (C=O) groups is 2.